The highest BCUT2D eigenvalue weighted by Gasteiger charge is 2.24. The van der Waals surface area contributed by atoms with Crippen LogP contribution in [0, 0.1) is 5.92 Å². The number of nitrogens with zero attached hydrogens (tertiary/aromatic N) is 3. The molecule has 0 aliphatic carbocycles. The lowest BCUT2D eigenvalue weighted by Gasteiger charge is -2.37. The molecule has 0 aromatic rings. The lowest BCUT2D eigenvalue weighted by atomic mass is 9.99. The lowest BCUT2D eigenvalue weighted by Crippen LogP contribution is -2.53. The van der Waals surface area contributed by atoms with Crippen LogP contribution in [0.2, 0.25) is 0 Å². The van der Waals surface area contributed by atoms with Gasteiger partial charge in [-0.25, -0.2) is 4.79 Å². The quantitative estimate of drug-likeness (QED) is 0.716. The fourth-order valence-corrected chi connectivity index (χ4v) is 4.10. The fraction of sp³-hybridized carbons (Fsp3) is 0.895. The number of carbonyl (C=O) groups is 2. The fourth-order valence-electron chi connectivity index (χ4n) is 4.10. The van der Waals surface area contributed by atoms with Crippen molar-refractivity contribution in [1.82, 2.24) is 20.0 Å². The summed E-state index contributed by atoms with van der Waals surface area (Å²) in [7, 11) is 0. The molecular weight excluding hydrogens is 332 g/mol. The van der Waals surface area contributed by atoms with Gasteiger partial charge in [-0.3, -0.25) is 9.69 Å². The minimum absolute atomic E-state index is 0.0423. The van der Waals surface area contributed by atoms with E-state index in [0.717, 1.165) is 84.2 Å². The van der Waals surface area contributed by atoms with Gasteiger partial charge in [0.1, 0.15) is 0 Å². The van der Waals surface area contributed by atoms with E-state index in [1.54, 1.807) is 0 Å². The molecule has 3 heterocycles. The summed E-state index contributed by atoms with van der Waals surface area (Å²) >= 11 is 0. The predicted molar refractivity (Wildman–Crippen MR) is 100 cm³/mol. The highest BCUT2D eigenvalue weighted by molar-refractivity contribution is 5.76. The van der Waals surface area contributed by atoms with Crippen molar-refractivity contribution in [2.24, 2.45) is 5.92 Å². The molecule has 3 aliphatic heterocycles. The van der Waals surface area contributed by atoms with E-state index in [0.29, 0.717) is 13.0 Å². The van der Waals surface area contributed by atoms with Gasteiger partial charge in [0, 0.05) is 72.0 Å². The number of rotatable bonds is 6. The van der Waals surface area contributed by atoms with Crippen molar-refractivity contribution in [3.05, 3.63) is 0 Å². The Hall–Kier alpha value is -1.34. The van der Waals surface area contributed by atoms with E-state index in [-0.39, 0.29) is 11.9 Å². The van der Waals surface area contributed by atoms with Crippen LogP contribution >= 0.6 is 0 Å². The van der Waals surface area contributed by atoms with E-state index >= 15 is 0 Å². The summed E-state index contributed by atoms with van der Waals surface area (Å²) in [4.78, 5) is 30.4. The second kappa shape index (κ2) is 10.1. The van der Waals surface area contributed by atoms with Gasteiger partial charge in [0.15, 0.2) is 0 Å². The number of likely N-dealkylation sites (tertiary alicyclic amines) is 1. The summed E-state index contributed by atoms with van der Waals surface area (Å²) in [5, 5.41) is 3.02. The topological polar surface area (TPSA) is 65.1 Å². The maximum absolute atomic E-state index is 12.3. The van der Waals surface area contributed by atoms with Gasteiger partial charge >= 0.3 is 6.03 Å². The maximum Gasteiger partial charge on any atom is 0.317 e. The maximum atomic E-state index is 12.3. The van der Waals surface area contributed by atoms with Crippen molar-refractivity contribution >= 4 is 11.9 Å². The SMILES string of the molecule is O=C1CCCCN1CCCNC(=O)N1CCN(CC2CCOCC2)CC1. The molecule has 0 aromatic heterocycles. The first-order chi connectivity index (χ1) is 12.7. The summed E-state index contributed by atoms with van der Waals surface area (Å²) in [5.41, 5.74) is 0. The lowest BCUT2D eigenvalue weighted by molar-refractivity contribution is -0.133. The van der Waals surface area contributed by atoms with Crippen molar-refractivity contribution < 1.29 is 14.3 Å². The average molecular weight is 367 g/mol. The highest BCUT2D eigenvalue weighted by Crippen LogP contribution is 2.17. The van der Waals surface area contributed by atoms with Gasteiger partial charge in [-0.05, 0) is 38.0 Å². The molecule has 0 radical (unpaired) electrons. The molecule has 3 fully saturated rings. The summed E-state index contributed by atoms with van der Waals surface area (Å²) in [6.07, 6.45) is 5.98. The van der Waals surface area contributed by atoms with E-state index in [4.69, 9.17) is 4.74 Å². The van der Waals surface area contributed by atoms with Gasteiger partial charge in [0.2, 0.25) is 5.91 Å². The van der Waals surface area contributed by atoms with E-state index in [2.05, 4.69) is 10.2 Å². The van der Waals surface area contributed by atoms with Gasteiger partial charge in [0.25, 0.3) is 0 Å². The molecule has 0 aromatic carbocycles. The molecule has 0 saturated carbocycles. The third-order valence-electron chi connectivity index (χ3n) is 5.82. The zero-order chi connectivity index (χ0) is 18.2. The molecule has 0 unspecified atom stereocenters. The van der Waals surface area contributed by atoms with E-state index in [9.17, 15) is 9.59 Å². The molecule has 0 bridgehead atoms. The Kier molecular flexibility index (Phi) is 7.55. The molecule has 1 N–H and O–H groups in total. The van der Waals surface area contributed by atoms with Crippen LogP contribution in [0.25, 0.3) is 0 Å². The van der Waals surface area contributed by atoms with Crippen molar-refractivity contribution in [3.8, 4) is 0 Å². The minimum atomic E-state index is 0.0423. The van der Waals surface area contributed by atoms with Crippen LogP contribution in [0.5, 0.6) is 0 Å². The van der Waals surface area contributed by atoms with E-state index in [1.165, 1.54) is 12.8 Å². The molecule has 0 atom stereocenters. The Labute approximate surface area is 157 Å². The third-order valence-corrected chi connectivity index (χ3v) is 5.82. The molecule has 0 spiro atoms. The second-order valence-electron chi connectivity index (χ2n) is 7.77. The Balaban J connectivity index is 1.26. The number of nitrogens with one attached hydrogen (secondary N) is 1. The first-order valence-electron chi connectivity index (χ1n) is 10.3. The molecule has 3 saturated heterocycles. The normalized spacial score (nSPS) is 23.3. The van der Waals surface area contributed by atoms with Crippen LogP contribution in [0.15, 0.2) is 0 Å². The van der Waals surface area contributed by atoms with Gasteiger partial charge in [-0.1, -0.05) is 0 Å². The Morgan fingerprint density at radius 2 is 1.85 bits per heavy atom. The highest BCUT2D eigenvalue weighted by atomic mass is 16.5. The monoisotopic (exact) mass is 366 g/mol. The summed E-state index contributed by atoms with van der Waals surface area (Å²) < 4.78 is 5.43. The number of carbonyl (C=O) groups excluding carboxylic acids is 2. The van der Waals surface area contributed by atoms with E-state index in [1.807, 2.05) is 9.80 Å². The molecule has 3 rings (SSSR count). The Morgan fingerprint density at radius 3 is 2.58 bits per heavy atom. The summed E-state index contributed by atoms with van der Waals surface area (Å²) in [6, 6.07) is 0.0423. The van der Waals surface area contributed by atoms with E-state index < -0.39 is 0 Å². The first-order valence-corrected chi connectivity index (χ1v) is 10.3. The van der Waals surface area contributed by atoms with Crippen LogP contribution in [-0.2, 0) is 9.53 Å². The number of urea groups is 1. The third kappa shape index (κ3) is 5.84. The predicted octanol–water partition coefficient (Wildman–Crippen LogP) is 1.14. The number of hydrogen-bond donors (Lipinski definition) is 1. The van der Waals surface area contributed by atoms with Gasteiger partial charge in [0.05, 0.1) is 0 Å². The van der Waals surface area contributed by atoms with Crippen molar-refractivity contribution in [2.75, 3.05) is 65.6 Å². The van der Waals surface area contributed by atoms with Gasteiger partial charge < -0.3 is 19.9 Å². The van der Waals surface area contributed by atoms with Crippen LogP contribution in [0.4, 0.5) is 4.79 Å². The smallest absolute Gasteiger partial charge is 0.317 e. The number of hydrogen-bond acceptors (Lipinski definition) is 4. The van der Waals surface area contributed by atoms with Crippen LogP contribution in [0.3, 0.4) is 0 Å². The molecule has 3 aliphatic rings. The summed E-state index contributed by atoms with van der Waals surface area (Å²) in [6.45, 7) is 8.76. The Bertz CT molecular complexity index is 460. The zero-order valence-electron chi connectivity index (χ0n) is 16.0. The molecule has 148 valence electrons. The van der Waals surface area contributed by atoms with Crippen LogP contribution < -0.4 is 5.32 Å². The number of piperazine rings is 1. The molecule has 26 heavy (non-hydrogen) atoms. The van der Waals surface area contributed by atoms with Gasteiger partial charge in [-0.2, -0.15) is 0 Å². The van der Waals surface area contributed by atoms with Crippen LogP contribution in [0.1, 0.15) is 38.5 Å². The Morgan fingerprint density at radius 1 is 1.08 bits per heavy atom. The molecular formula is C19H34N4O3. The zero-order valence-corrected chi connectivity index (χ0v) is 16.0. The number of piperidine rings is 1. The largest absolute Gasteiger partial charge is 0.381 e. The number of amides is 3. The van der Waals surface area contributed by atoms with Crippen molar-refractivity contribution in [3.63, 3.8) is 0 Å². The molecule has 7 heteroatoms. The first kappa shape index (κ1) is 19.4. The van der Waals surface area contributed by atoms with Crippen molar-refractivity contribution in [2.45, 2.75) is 38.5 Å². The second-order valence-corrected chi connectivity index (χ2v) is 7.77. The average Bonchev–Trinajstić information content (AvgIpc) is 2.68. The van der Waals surface area contributed by atoms with Crippen molar-refractivity contribution in [1.29, 1.82) is 0 Å². The minimum Gasteiger partial charge on any atom is -0.381 e. The van der Waals surface area contributed by atoms with Gasteiger partial charge in [-0.15, -0.1) is 0 Å². The molecule has 3 amide bonds. The molecule has 7 nitrogen and oxygen atoms in total. The summed E-state index contributed by atoms with van der Waals surface area (Å²) in [5.74, 6) is 1.02. The van der Waals surface area contributed by atoms with Crippen LogP contribution in [-0.4, -0.2) is 92.2 Å². The number of ether oxygens (including phenoxy) is 1. The standard InChI is InChI=1S/C19H34N4O3/c24-18-4-1-2-8-22(18)9-3-7-20-19(25)23-12-10-21(11-13-23)16-17-5-14-26-15-6-17/h17H,1-16H2,(H,20,25).